The number of para-hydroxylation sites is 1. The number of pyridine rings is 1. The van der Waals surface area contributed by atoms with Crippen LogP contribution in [0.3, 0.4) is 0 Å². The van der Waals surface area contributed by atoms with E-state index in [4.69, 9.17) is 4.74 Å². The lowest BCUT2D eigenvalue weighted by Crippen LogP contribution is -2.24. The fraction of sp³-hybridized carbons (Fsp3) is 0.0714. The number of carbonyl (C=O) groups is 1. The van der Waals surface area contributed by atoms with Gasteiger partial charge < -0.3 is 4.74 Å². The minimum atomic E-state index is -0.513. The number of amides is 1. The second kappa shape index (κ2) is 6.98. The maximum absolute atomic E-state index is 13.2. The molecule has 1 aromatic heterocycles. The van der Waals surface area contributed by atoms with Crippen LogP contribution >= 0.6 is 0 Å². The first kappa shape index (κ1) is 13.7. The molecule has 0 saturated heterocycles. The van der Waals surface area contributed by atoms with Crippen LogP contribution in [-0.4, -0.2) is 23.7 Å². The third kappa shape index (κ3) is 4.16. The zero-order valence-corrected chi connectivity index (χ0v) is 10.5. The van der Waals surface area contributed by atoms with E-state index in [-0.39, 0.29) is 12.4 Å². The Morgan fingerprint density at radius 3 is 2.80 bits per heavy atom. The summed E-state index contributed by atoms with van der Waals surface area (Å²) in [5.41, 5.74) is 3.08. The molecule has 0 atom stereocenters. The molecule has 0 bridgehead atoms. The van der Waals surface area contributed by atoms with Crippen LogP contribution < -0.4 is 10.2 Å². The highest BCUT2D eigenvalue weighted by Gasteiger charge is 2.04. The molecule has 20 heavy (non-hydrogen) atoms. The van der Waals surface area contributed by atoms with Gasteiger partial charge in [0.1, 0.15) is 0 Å². The third-order valence-electron chi connectivity index (χ3n) is 2.30. The maximum Gasteiger partial charge on any atom is 0.277 e. The summed E-state index contributed by atoms with van der Waals surface area (Å²) in [5, 5.41) is 3.75. The van der Waals surface area contributed by atoms with Crippen LogP contribution in [-0.2, 0) is 4.79 Å². The van der Waals surface area contributed by atoms with Gasteiger partial charge in [-0.3, -0.25) is 9.78 Å². The summed E-state index contributed by atoms with van der Waals surface area (Å²) >= 11 is 0. The van der Waals surface area contributed by atoms with E-state index in [9.17, 15) is 9.18 Å². The molecule has 0 aliphatic heterocycles. The largest absolute Gasteiger partial charge is 0.481 e. The molecule has 0 fully saturated rings. The number of rotatable bonds is 5. The van der Waals surface area contributed by atoms with Crippen molar-refractivity contribution in [3.63, 3.8) is 0 Å². The summed E-state index contributed by atoms with van der Waals surface area (Å²) in [6.07, 6.45) is 4.71. The molecule has 1 N–H and O–H groups in total. The number of hydrogen-bond donors (Lipinski definition) is 1. The van der Waals surface area contributed by atoms with Gasteiger partial charge in [-0.1, -0.05) is 12.1 Å². The molecule has 0 unspecified atom stereocenters. The Morgan fingerprint density at radius 2 is 2.05 bits per heavy atom. The summed E-state index contributed by atoms with van der Waals surface area (Å²) in [5.74, 6) is -0.958. The summed E-state index contributed by atoms with van der Waals surface area (Å²) in [7, 11) is 0. The van der Waals surface area contributed by atoms with E-state index in [1.165, 1.54) is 18.3 Å². The number of benzene rings is 1. The summed E-state index contributed by atoms with van der Waals surface area (Å²) in [6, 6.07) is 9.36. The first-order valence-corrected chi connectivity index (χ1v) is 5.85. The molecule has 0 aliphatic carbocycles. The standard InChI is InChI=1S/C14H12FN3O2/c15-12-3-1-2-4-13(12)20-10-14(19)18-17-9-11-5-7-16-8-6-11/h1-9H,10H2,(H,18,19)/b17-9+. The molecule has 2 rings (SSSR count). The van der Waals surface area contributed by atoms with Gasteiger partial charge in [-0.2, -0.15) is 5.10 Å². The fourth-order valence-electron chi connectivity index (χ4n) is 1.37. The molecule has 1 amide bonds. The van der Waals surface area contributed by atoms with Crippen molar-refractivity contribution in [2.45, 2.75) is 0 Å². The number of nitrogens with one attached hydrogen (secondary N) is 1. The molecule has 2 aromatic rings. The lowest BCUT2D eigenvalue weighted by Gasteiger charge is -2.05. The average Bonchev–Trinajstić information content (AvgIpc) is 2.47. The van der Waals surface area contributed by atoms with Crippen molar-refractivity contribution >= 4 is 12.1 Å². The molecular formula is C14H12FN3O2. The Labute approximate surface area is 115 Å². The van der Waals surface area contributed by atoms with E-state index in [0.29, 0.717) is 0 Å². The zero-order valence-electron chi connectivity index (χ0n) is 10.5. The Bertz CT molecular complexity index is 602. The van der Waals surface area contributed by atoms with Gasteiger partial charge in [0.05, 0.1) is 6.21 Å². The lowest BCUT2D eigenvalue weighted by atomic mass is 10.3. The van der Waals surface area contributed by atoms with Crippen molar-refractivity contribution in [1.29, 1.82) is 0 Å². The number of hydrogen-bond acceptors (Lipinski definition) is 4. The minimum absolute atomic E-state index is 0.0285. The van der Waals surface area contributed by atoms with Crippen LogP contribution in [0, 0.1) is 5.82 Å². The minimum Gasteiger partial charge on any atom is -0.481 e. The summed E-state index contributed by atoms with van der Waals surface area (Å²) < 4.78 is 18.3. The summed E-state index contributed by atoms with van der Waals surface area (Å²) in [4.78, 5) is 15.3. The van der Waals surface area contributed by atoms with Crippen LogP contribution in [0.15, 0.2) is 53.9 Å². The molecule has 0 saturated carbocycles. The summed E-state index contributed by atoms with van der Waals surface area (Å²) in [6.45, 7) is -0.311. The van der Waals surface area contributed by atoms with Gasteiger partial charge in [-0.15, -0.1) is 0 Å². The van der Waals surface area contributed by atoms with E-state index >= 15 is 0 Å². The van der Waals surface area contributed by atoms with Gasteiger partial charge in [0.2, 0.25) is 0 Å². The van der Waals surface area contributed by atoms with Crippen molar-refractivity contribution in [1.82, 2.24) is 10.4 Å². The Kier molecular flexibility index (Phi) is 4.77. The number of hydrazone groups is 1. The number of nitrogens with zero attached hydrogens (tertiary/aromatic N) is 2. The highest BCUT2D eigenvalue weighted by atomic mass is 19.1. The van der Waals surface area contributed by atoms with Gasteiger partial charge in [0, 0.05) is 12.4 Å². The predicted molar refractivity (Wildman–Crippen MR) is 71.9 cm³/mol. The second-order valence-electron chi connectivity index (χ2n) is 3.79. The van der Waals surface area contributed by atoms with E-state index in [0.717, 1.165) is 5.56 Å². The second-order valence-corrected chi connectivity index (χ2v) is 3.79. The SMILES string of the molecule is O=C(COc1ccccc1F)N/N=C/c1ccncc1. The van der Waals surface area contributed by atoms with Gasteiger partial charge in [0.25, 0.3) is 5.91 Å². The quantitative estimate of drug-likeness (QED) is 0.666. The smallest absolute Gasteiger partial charge is 0.277 e. The Balaban J connectivity index is 1.79. The Morgan fingerprint density at radius 1 is 1.30 bits per heavy atom. The van der Waals surface area contributed by atoms with Crippen LogP contribution in [0.2, 0.25) is 0 Å². The monoisotopic (exact) mass is 273 g/mol. The topological polar surface area (TPSA) is 63.6 Å². The van der Waals surface area contributed by atoms with E-state index < -0.39 is 11.7 Å². The number of carbonyl (C=O) groups excluding carboxylic acids is 1. The van der Waals surface area contributed by atoms with E-state index in [1.54, 1.807) is 36.7 Å². The van der Waals surface area contributed by atoms with Gasteiger partial charge in [-0.05, 0) is 29.8 Å². The normalized spacial score (nSPS) is 10.4. The molecule has 5 nitrogen and oxygen atoms in total. The molecular weight excluding hydrogens is 261 g/mol. The van der Waals surface area contributed by atoms with Crippen molar-refractivity contribution in [3.8, 4) is 5.75 Å². The Hall–Kier alpha value is -2.76. The van der Waals surface area contributed by atoms with Gasteiger partial charge in [0.15, 0.2) is 18.2 Å². The molecule has 6 heteroatoms. The fourth-order valence-corrected chi connectivity index (χ4v) is 1.37. The zero-order chi connectivity index (χ0) is 14.2. The predicted octanol–water partition coefficient (Wildman–Crippen LogP) is 1.75. The third-order valence-corrected chi connectivity index (χ3v) is 2.30. The van der Waals surface area contributed by atoms with Crippen LogP contribution in [0.25, 0.3) is 0 Å². The molecule has 1 heterocycles. The van der Waals surface area contributed by atoms with Crippen molar-refractivity contribution < 1.29 is 13.9 Å². The molecule has 1 aromatic carbocycles. The van der Waals surface area contributed by atoms with Gasteiger partial charge >= 0.3 is 0 Å². The van der Waals surface area contributed by atoms with Crippen molar-refractivity contribution in [2.24, 2.45) is 5.10 Å². The first-order valence-electron chi connectivity index (χ1n) is 5.85. The van der Waals surface area contributed by atoms with Crippen LogP contribution in [0.5, 0.6) is 5.75 Å². The molecule has 0 spiro atoms. The molecule has 0 radical (unpaired) electrons. The lowest BCUT2D eigenvalue weighted by molar-refractivity contribution is -0.123. The van der Waals surface area contributed by atoms with Crippen LogP contribution in [0.1, 0.15) is 5.56 Å². The maximum atomic E-state index is 13.2. The van der Waals surface area contributed by atoms with Crippen molar-refractivity contribution in [3.05, 3.63) is 60.2 Å². The van der Waals surface area contributed by atoms with E-state index in [1.807, 2.05) is 0 Å². The van der Waals surface area contributed by atoms with E-state index in [2.05, 4.69) is 15.5 Å². The number of halogens is 1. The average molecular weight is 273 g/mol. The van der Waals surface area contributed by atoms with Crippen LogP contribution in [0.4, 0.5) is 4.39 Å². The molecule has 102 valence electrons. The highest BCUT2D eigenvalue weighted by Crippen LogP contribution is 2.14. The number of ether oxygens (including phenoxy) is 1. The number of aromatic nitrogens is 1. The molecule has 0 aliphatic rings. The first-order chi connectivity index (χ1) is 9.75. The highest BCUT2D eigenvalue weighted by molar-refractivity contribution is 5.82. The van der Waals surface area contributed by atoms with Gasteiger partial charge in [-0.25, -0.2) is 9.82 Å². The van der Waals surface area contributed by atoms with Crippen molar-refractivity contribution in [2.75, 3.05) is 6.61 Å².